The molecule has 2 aromatic carbocycles. The molecule has 2 rings (SSSR count). The Balaban J connectivity index is 1.92. The second kappa shape index (κ2) is 7.96. The predicted octanol–water partition coefficient (Wildman–Crippen LogP) is 2.42. The summed E-state index contributed by atoms with van der Waals surface area (Å²) >= 11 is 0. The number of benzene rings is 2. The Morgan fingerprint density at radius 1 is 1.29 bits per heavy atom. The first kappa shape index (κ1) is 17.3. The van der Waals surface area contributed by atoms with Gasteiger partial charge in [0.1, 0.15) is 11.6 Å². The first-order valence-corrected chi connectivity index (χ1v) is 7.16. The van der Waals surface area contributed by atoms with Gasteiger partial charge in [-0.25, -0.2) is 4.39 Å². The summed E-state index contributed by atoms with van der Waals surface area (Å²) in [5.74, 6) is -0.245. The number of nitrogens with one attached hydrogen (secondary N) is 1. The van der Waals surface area contributed by atoms with Crippen molar-refractivity contribution in [3.8, 4) is 5.75 Å². The van der Waals surface area contributed by atoms with Gasteiger partial charge in [-0.05, 0) is 36.8 Å². The SMILES string of the molecule is COc1ccccc1/C(N)=N\OCC(=O)Nc1ccc(C)c(F)c1. The number of hydrogen-bond donors (Lipinski definition) is 2. The number of para-hydroxylation sites is 1. The van der Waals surface area contributed by atoms with Gasteiger partial charge >= 0.3 is 0 Å². The first-order valence-electron chi connectivity index (χ1n) is 7.16. The van der Waals surface area contributed by atoms with Gasteiger partial charge in [0, 0.05) is 5.69 Å². The van der Waals surface area contributed by atoms with E-state index < -0.39 is 11.7 Å². The van der Waals surface area contributed by atoms with E-state index in [0.717, 1.165) is 0 Å². The summed E-state index contributed by atoms with van der Waals surface area (Å²) in [6.07, 6.45) is 0. The van der Waals surface area contributed by atoms with E-state index in [9.17, 15) is 9.18 Å². The Labute approximate surface area is 139 Å². The Bertz CT molecular complexity index is 762. The summed E-state index contributed by atoms with van der Waals surface area (Å²) in [5, 5.41) is 6.20. The van der Waals surface area contributed by atoms with Crippen molar-refractivity contribution in [2.75, 3.05) is 19.0 Å². The zero-order valence-electron chi connectivity index (χ0n) is 13.4. The molecule has 0 fully saturated rings. The lowest BCUT2D eigenvalue weighted by Gasteiger charge is -2.08. The normalized spacial score (nSPS) is 11.0. The number of amidine groups is 1. The number of oxime groups is 1. The molecule has 2 aromatic rings. The third kappa shape index (κ3) is 4.45. The molecule has 0 spiro atoms. The molecule has 6 nitrogen and oxygen atoms in total. The highest BCUT2D eigenvalue weighted by Crippen LogP contribution is 2.17. The highest BCUT2D eigenvalue weighted by Gasteiger charge is 2.08. The van der Waals surface area contributed by atoms with Gasteiger partial charge in [0.15, 0.2) is 12.4 Å². The summed E-state index contributed by atoms with van der Waals surface area (Å²) in [4.78, 5) is 16.7. The van der Waals surface area contributed by atoms with Gasteiger partial charge in [0.2, 0.25) is 0 Å². The van der Waals surface area contributed by atoms with Crippen LogP contribution in [0.15, 0.2) is 47.6 Å². The van der Waals surface area contributed by atoms with Crippen molar-refractivity contribution in [2.45, 2.75) is 6.92 Å². The van der Waals surface area contributed by atoms with Crippen molar-refractivity contribution in [1.82, 2.24) is 0 Å². The van der Waals surface area contributed by atoms with Crippen molar-refractivity contribution in [3.63, 3.8) is 0 Å². The fraction of sp³-hybridized carbons (Fsp3) is 0.176. The highest BCUT2D eigenvalue weighted by atomic mass is 19.1. The number of nitrogens with two attached hydrogens (primary N) is 1. The third-order valence-corrected chi connectivity index (χ3v) is 3.20. The van der Waals surface area contributed by atoms with Crippen LogP contribution in [-0.4, -0.2) is 25.5 Å². The first-order chi connectivity index (χ1) is 11.5. The molecule has 0 aromatic heterocycles. The number of rotatable bonds is 6. The van der Waals surface area contributed by atoms with E-state index in [1.165, 1.54) is 13.2 Å². The van der Waals surface area contributed by atoms with Gasteiger partial charge in [-0.1, -0.05) is 23.4 Å². The number of halogens is 1. The minimum absolute atomic E-state index is 0.0848. The molecule has 7 heteroatoms. The maximum Gasteiger partial charge on any atom is 0.265 e. The standard InChI is InChI=1S/C17H18FN3O3/c1-11-7-8-12(9-14(11)18)20-16(22)10-24-21-17(19)13-5-3-4-6-15(13)23-2/h3-9H,10H2,1-2H3,(H2,19,21)(H,20,22). The van der Waals surface area contributed by atoms with Crippen molar-refractivity contribution < 1.29 is 18.8 Å². The highest BCUT2D eigenvalue weighted by molar-refractivity contribution is 5.99. The molecule has 0 bridgehead atoms. The second-order valence-electron chi connectivity index (χ2n) is 4.96. The van der Waals surface area contributed by atoms with E-state index in [1.54, 1.807) is 43.3 Å². The lowest BCUT2D eigenvalue weighted by Crippen LogP contribution is -2.19. The Morgan fingerprint density at radius 3 is 2.75 bits per heavy atom. The minimum Gasteiger partial charge on any atom is -0.496 e. The fourth-order valence-corrected chi connectivity index (χ4v) is 1.93. The van der Waals surface area contributed by atoms with Crippen molar-refractivity contribution in [3.05, 3.63) is 59.4 Å². The Kier molecular flexibility index (Phi) is 5.73. The maximum atomic E-state index is 13.4. The molecule has 0 radical (unpaired) electrons. The molecular weight excluding hydrogens is 313 g/mol. The third-order valence-electron chi connectivity index (χ3n) is 3.20. The molecule has 0 unspecified atom stereocenters. The Hall–Kier alpha value is -3.09. The number of aryl methyl sites for hydroxylation is 1. The average Bonchev–Trinajstić information content (AvgIpc) is 2.58. The van der Waals surface area contributed by atoms with E-state index in [-0.39, 0.29) is 12.4 Å². The molecule has 1 amide bonds. The van der Waals surface area contributed by atoms with Crippen LogP contribution in [0.3, 0.4) is 0 Å². The summed E-state index contributed by atoms with van der Waals surface area (Å²) in [7, 11) is 1.52. The molecule has 0 aliphatic carbocycles. The second-order valence-corrected chi connectivity index (χ2v) is 4.96. The molecule has 3 N–H and O–H groups in total. The Morgan fingerprint density at radius 2 is 2.04 bits per heavy atom. The van der Waals surface area contributed by atoms with Crippen molar-refractivity contribution in [1.29, 1.82) is 0 Å². The number of hydrogen-bond acceptors (Lipinski definition) is 4. The molecular formula is C17H18FN3O3. The molecule has 0 saturated heterocycles. The number of carbonyl (C=O) groups excluding carboxylic acids is 1. The van der Waals surface area contributed by atoms with Gasteiger partial charge in [-0.2, -0.15) is 0 Å². The van der Waals surface area contributed by atoms with Crippen LogP contribution in [0.4, 0.5) is 10.1 Å². The van der Waals surface area contributed by atoms with E-state index in [2.05, 4.69) is 10.5 Å². The molecule has 0 heterocycles. The van der Waals surface area contributed by atoms with Gasteiger partial charge in [0.25, 0.3) is 5.91 Å². The van der Waals surface area contributed by atoms with Crippen LogP contribution < -0.4 is 15.8 Å². The van der Waals surface area contributed by atoms with Crippen LogP contribution in [-0.2, 0) is 9.63 Å². The monoisotopic (exact) mass is 331 g/mol. The largest absolute Gasteiger partial charge is 0.496 e. The number of amides is 1. The molecule has 0 saturated carbocycles. The topological polar surface area (TPSA) is 85.9 Å². The van der Waals surface area contributed by atoms with E-state index >= 15 is 0 Å². The number of anilines is 1. The molecule has 0 aliphatic heterocycles. The summed E-state index contributed by atoms with van der Waals surface area (Å²) in [6, 6.07) is 11.4. The zero-order chi connectivity index (χ0) is 17.5. The maximum absolute atomic E-state index is 13.4. The number of ether oxygens (including phenoxy) is 1. The van der Waals surface area contributed by atoms with E-state index in [4.69, 9.17) is 15.3 Å². The quantitative estimate of drug-likeness (QED) is 0.483. The summed E-state index contributed by atoms with van der Waals surface area (Å²) in [6.45, 7) is 1.28. The fourth-order valence-electron chi connectivity index (χ4n) is 1.93. The van der Waals surface area contributed by atoms with Crippen molar-refractivity contribution in [2.24, 2.45) is 10.9 Å². The van der Waals surface area contributed by atoms with Gasteiger partial charge in [-0.3, -0.25) is 4.79 Å². The molecule has 0 atom stereocenters. The van der Waals surface area contributed by atoms with E-state index in [0.29, 0.717) is 22.6 Å². The molecule has 24 heavy (non-hydrogen) atoms. The number of methoxy groups -OCH3 is 1. The van der Waals surface area contributed by atoms with E-state index in [1.807, 2.05) is 0 Å². The minimum atomic E-state index is -0.477. The van der Waals surface area contributed by atoms with Crippen LogP contribution in [0.1, 0.15) is 11.1 Å². The van der Waals surface area contributed by atoms with Gasteiger partial charge in [-0.15, -0.1) is 0 Å². The van der Waals surface area contributed by atoms with Crippen LogP contribution in [0.2, 0.25) is 0 Å². The van der Waals surface area contributed by atoms with Gasteiger partial charge < -0.3 is 20.6 Å². The predicted molar refractivity (Wildman–Crippen MR) is 89.4 cm³/mol. The van der Waals surface area contributed by atoms with Crippen LogP contribution in [0.25, 0.3) is 0 Å². The average molecular weight is 331 g/mol. The number of nitrogens with zero attached hydrogens (tertiary/aromatic N) is 1. The summed E-state index contributed by atoms with van der Waals surface area (Å²) in [5.41, 5.74) is 7.21. The van der Waals surface area contributed by atoms with Crippen LogP contribution in [0.5, 0.6) is 5.75 Å². The van der Waals surface area contributed by atoms with Crippen LogP contribution in [0, 0.1) is 12.7 Å². The smallest absolute Gasteiger partial charge is 0.265 e. The van der Waals surface area contributed by atoms with Crippen molar-refractivity contribution >= 4 is 17.4 Å². The zero-order valence-corrected chi connectivity index (χ0v) is 13.4. The lowest BCUT2D eigenvalue weighted by atomic mass is 10.2. The summed E-state index contributed by atoms with van der Waals surface area (Å²) < 4.78 is 18.6. The lowest BCUT2D eigenvalue weighted by molar-refractivity contribution is -0.120. The van der Waals surface area contributed by atoms with Crippen LogP contribution >= 0.6 is 0 Å². The molecule has 0 aliphatic rings. The molecule has 126 valence electrons. The van der Waals surface area contributed by atoms with Gasteiger partial charge in [0.05, 0.1) is 12.7 Å². The number of carbonyl (C=O) groups is 1.